The van der Waals surface area contributed by atoms with E-state index >= 15 is 0 Å². The van der Waals surface area contributed by atoms with Crippen LogP contribution in [0, 0.1) is 20.8 Å². The Hall–Kier alpha value is -2.49. The van der Waals surface area contributed by atoms with Gasteiger partial charge in [-0.15, -0.1) is 0 Å². The number of aryl methyl sites for hydroxylation is 2. The molecular weight excluding hydrogens is 432 g/mol. The lowest BCUT2D eigenvalue weighted by molar-refractivity contribution is 0.0473. The van der Waals surface area contributed by atoms with Gasteiger partial charge in [0.15, 0.2) is 6.61 Å². The van der Waals surface area contributed by atoms with Crippen LogP contribution in [0.15, 0.2) is 29.2 Å². The highest BCUT2D eigenvalue weighted by atomic mass is 32.2. The summed E-state index contributed by atoms with van der Waals surface area (Å²) in [7, 11) is -3.75. The summed E-state index contributed by atoms with van der Waals surface area (Å²) < 4.78 is 39.7. The van der Waals surface area contributed by atoms with Crippen LogP contribution < -0.4 is 0 Å². The smallest absolute Gasteiger partial charge is 0.338 e. The number of hydrogen-bond donors (Lipinski definition) is 0. The third-order valence-corrected chi connectivity index (χ3v) is 7.59. The van der Waals surface area contributed by atoms with Crippen molar-refractivity contribution < 1.29 is 27.5 Å². The SMILES string of the molecule is CCCn1c(C)cc(C(=O)COC(=O)c2cc(S(=O)(=O)N3CCOCC3)ccc2C)c1C. The predicted octanol–water partition coefficient (Wildman–Crippen LogP) is 2.88. The molecule has 32 heavy (non-hydrogen) atoms. The van der Waals surface area contributed by atoms with Gasteiger partial charge in [0.25, 0.3) is 0 Å². The molecule has 1 saturated heterocycles. The van der Waals surface area contributed by atoms with E-state index in [0.717, 1.165) is 24.4 Å². The van der Waals surface area contributed by atoms with Crippen molar-refractivity contribution in [2.45, 2.75) is 45.6 Å². The fourth-order valence-electron chi connectivity index (χ4n) is 3.86. The Morgan fingerprint density at radius 2 is 1.75 bits per heavy atom. The van der Waals surface area contributed by atoms with E-state index in [1.54, 1.807) is 13.0 Å². The molecule has 0 amide bonds. The number of aromatic nitrogens is 1. The molecule has 0 N–H and O–H groups in total. The van der Waals surface area contributed by atoms with E-state index in [1.807, 2.05) is 19.9 Å². The lowest BCUT2D eigenvalue weighted by atomic mass is 10.1. The molecule has 0 bridgehead atoms. The van der Waals surface area contributed by atoms with Crippen molar-refractivity contribution in [3.05, 3.63) is 52.3 Å². The summed E-state index contributed by atoms with van der Waals surface area (Å²) in [5.74, 6) is -1.01. The molecule has 3 rings (SSSR count). The van der Waals surface area contributed by atoms with Crippen LogP contribution in [0.4, 0.5) is 0 Å². The largest absolute Gasteiger partial charge is 0.454 e. The number of carbonyl (C=O) groups is 2. The van der Waals surface area contributed by atoms with Crippen molar-refractivity contribution in [1.82, 2.24) is 8.87 Å². The minimum atomic E-state index is -3.75. The number of benzene rings is 1. The first-order chi connectivity index (χ1) is 15.2. The number of sulfonamides is 1. The lowest BCUT2D eigenvalue weighted by Crippen LogP contribution is -2.40. The van der Waals surface area contributed by atoms with Crippen molar-refractivity contribution in [3.63, 3.8) is 0 Å². The topological polar surface area (TPSA) is 94.9 Å². The zero-order valence-electron chi connectivity index (χ0n) is 19.0. The molecule has 0 aliphatic carbocycles. The van der Waals surface area contributed by atoms with Crippen LogP contribution in [0.25, 0.3) is 0 Å². The normalized spacial score (nSPS) is 15.0. The number of rotatable bonds is 8. The monoisotopic (exact) mass is 462 g/mol. The maximum Gasteiger partial charge on any atom is 0.338 e. The van der Waals surface area contributed by atoms with Crippen LogP contribution in [0.3, 0.4) is 0 Å². The van der Waals surface area contributed by atoms with Crippen molar-refractivity contribution in [3.8, 4) is 0 Å². The third-order valence-electron chi connectivity index (χ3n) is 5.69. The highest BCUT2D eigenvalue weighted by Crippen LogP contribution is 2.22. The Kier molecular flexibility index (Phi) is 7.53. The average Bonchev–Trinajstić information content (AvgIpc) is 3.06. The summed E-state index contributed by atoms with van der Waals surface area (Å²) >= 11 is 0. The number of ether oxygens (including phenoxy) is 2. The molecule has 1 aliphatic heterocycles. The molecule has 0 spiro atoms. The maximum absolute atomic E-state index is 12.9. The van der Waals surface area contributed by atoms with Crippen LogP contribution in [0.5, 0.6) is 0 Å². The molecule has 2 heterocycles. The van der Waals surface area contributed by atoms with Crippen LogP contribution in [-0.4, -0.2) is 62.0 Å². The number of hydrogen-bond acceptors (Lipinski definition) is 6. The summed E-state index contributed by atoms with van der Waals surface area (Å²) in [6.45, 7) is 9.18. The second kappa shape index (κ2) is 9.97. The lowest BCUT2D eigenvalue weighted by Gasteiger charge is -2.26. The quantitative estimate of drug-likeness (QED) is 0.442. The molecule has 0 atom stereocenters. The van der Waals surface area contributed by atoms with E-state index in [4.69, 9.17) is 9.47 Å². The Labute approximate surface area is 189 Å². The zero-order chi connectivity index (χ0) is 23.5. The summed E-state index contributed by atoms with van der Waals surface area (Å²) in [5.41, 5.74) is 3.06. The third kappa shape index (κ3) is 4.95. The number of carbonyl (C=O) groups excluding carboxylic acids is 2. The van der Waals surface area contributed by atoms with Crippen LogP contribution in [0.1, 0.15) is 51.0 Å². The van der Waals surface area contributed by atoms with Gasteiger partial charge in [-0.25, -0.2) is 13.2 Å². The number of esters is 1. The summed E-state index contributed by atoms with van der Waals surface area (Å²) in [5, 5.41) is 0. The Morgan fingerprint density at radius 3 is 2.41 bits per heavy atom. The Morgan fingerprint density at radius 1 is 1.06 bits per heavy atom. The molecule has 1 fully saturated rings. The highest BCUT2D eigenvalue weighted by molar-refractivity contribution is 7.89. The molecule has 174 valence electrons. The van der Waals surface area contributed by atoms with Gasteiger partial charge in [-0.1, -0.05) is 13.0 Å². The summed E-state index contributed by atoms with van der Waals surface area (Å²) in [4.78, 5) is 25.4. The van der Waals surface area contributed by atoms with Crippen molar-refractivity contribution in [2.75, 3.05) is 32.9 Å². The van der Waals surface area contributed by atoms with Gasteiger partial charge < -0.3 is 14.0 Å². The molecule has 9 heteroatoms. The van der Waals surface area contributed by atoms with Gasteiger partial charge >= 0.3 is 5.97 Å². The fourth-order valence-corrected chi connectivity index (χ4v) is 5.29. The van der Waals surface area contributed by atoms with E-state index in [-0.39, 0.29) is 29.3 Å². The second-order valence-corrected chi connectivity index (χ2v) is 9.87. The first-order valence-corrected chi connectivity index (χ1v) is 12.2. The van der Waals surface area contributed by atoms with Gasteiger partial charge in [-0.2, -0.15) is 4.31 Å². The van der Waals surface area contributed by atoms with Gasteiger partial charge in [0, 0.05) is 36.6 Å². The van der Waals surface area contributed by atoms with Crippen molar-refractivity contribution >= 4 is 21.8 Å². The molecule has 1 aromatic carbocycles. The summed E-state index contributed by atoms with van der Waals surface area (Å²) in [6.07, 6.45) is 0.946. The predicted molar refractivity (Wildman–Crippen MR) is 120 cm³/mol. The Bertz CT molecular complexity index is 1110. The Balaban J connectivity index is 1.75. The number of nitrogens with zero attached hydrogens (tertiary/aromatic N) is 2. The van der Waals surface area contributed by atoms with E-state index < -0.39 is 22.6 Å². The maximum atomic E-state index is 12.9. The fraction of sp³-hybridized carbons (Fsp3) is 0.478. The molecule has 1 aromatic heterocycles. The second-order valence-electron chi connectivity index (χ2n) is 7.93. The van der Waals surface area contributed by atoms with Gasteiger partial charge in [0.1, 0.15) is 0 Å². The molecule has 0 saturated carbocycles. The van der Waals surface area contributed by atoms with Gasteiger partial charge in [-0.3, -0.25) is 4.79 Å². The number of morpholine rings is 1. The van der Waals surface area contributed by atoms with Gasteiger partial charge in [0.05, 0.1) is 23.7 Å². The molecule has 0 radical (unpaired) electrons. The molecule has 1 aliphatic rings. The van der Waals surface area contributed by atoms with Crippen molar-refractivity contribution in [2.24, 2.45) is 0 Å². The standard InChI is InChI=1S/C23H30N2O6S/c1-5-8-25-17(3)13-21(18(25)4)22(26)15-31-23(27)20-14-19(7-6-16(20)2)32(28,29)24-9-11-30-12-10-24/h6-7,13-14H,5,8-12,15H2,1-4H3. The van der Waals surface area contributed by atoms with Crippen LogP contribution in [-0.2, 0) is 26.0 Å². The average molecular weight is 463 g/mol. The first kappa shape index (κ1) is 24.2. The molecule has 2 aromatic rings. The van der Waals surface area contributed by atoms with Crippen molar-refractivity contribution in [1.29, 1.82) is 0 Å². The van der Waals surface area contributed by atoms with E-state index in [9.17, 15) is 18.0 Å². The first-order valence-electron chi connectivity index (χ1n) is 10.7. The van der Waals surface area contributed by atoms with E-state index in [0.29, 0.717) is 24.3 Å². The van der Waals surface area contributed by atoms with Crippen LogP contribution in [0.2, 0.25) is 0 Å². The van der Waals surface area contributed by atoms with Gasteiger partial charge in [0.2, 0.25) is 15.8 Å². The minimum absolute atomic E-state index is 0.0198. The van der Waals surface area contributed by atoms with E-state index in [2.05, 4.69) is 11.5 Å². The molecular formula is C23H30N2O6S. The molecule has 8 nitrogen and oxygen atoms in total. The zero-order valence-corrected chi connectivity index (χ0v) is 19.8. The minimum Gasteiger partial charge on any atom is -0.454 e. The summed E-state index contributed by atoms with van der Waals surface area (Å²) in [6, 6.07) is 6.18. The molecule has 0 unspecified atom stereocenters. The van der Waals surface area contributed by atoms with Gasteiger partial charge in [-0.05, 0) is 51.0 Å². The number of ketones is 1. The highest BCUT2D eigenvalue weighted by Gasteiger charge is 2.28. The van der Waals surface area contributed by atoms with Crippen LogP contribution >= 0.6 is 0 Å². The van der Waals surface area contributed by atoms with E-state index in [1.165, 1.54) is 16.4 Å². The number of Topliss-reactive ketones (excluding diaryl/α,β-unsaturated/α-hetero) is 1.